The van der Waals surface area contributed by atoms with Crippen LogP contribution in [0.3, 0.4) is 0 Å². The van der Waals surface area contributed by atoms with Gasteiger partial charge in [-0.05, 0) is 96.3 Å². The smallest absolute Gasteiger partial charge is 0.361 e. The van der Waals surface area contributed by atoms with Crippen molar-refractivity contribution in [1.29, 1.82) is 0 Å². The van der Waals surface area contributed by atoms with Gasteiger partial charge in [0.25, 0.3) is 6.29 Å². The highest BCUT2D eigenvalue weighted by Crippen LogP contribution is 2.17. The molecular formula is C76H134NO8+. The second-order valence-corrected chi connectivity index (χ2v) is 24.8. The first-order chi connectivity index (χ1) is 41.6. The average molecular weight is 1190 g/mol. The van der Waals surface area contributed by atoms with Crippen molar-refractivity contribution in [2.45, 2.75) is 322 Å². The van der Waals surface area contributed by atoms with Crippen LogP contribution in [-0.4, -0.2) is 87.4 Å². The van der Waals surface area contributed by atoms with E-state index in [9.17, 15) is 19.5 Å². The van der Waals surface area contributed by atoms with E-state index in [0.29, 0.717) is 23.9 Å². The largest absolute Gasteiger partial charge is 0.477 e. The summed E-state index contributed by atoms with van der Waals surface area (Å²) in [4.78, 5) is 37.6. The first kappa shape index (κ1) is 81.2. The molecule has 0 radical (unpaired) electrons. The molecule has 1 N–H and O–H groups in total. The van der Waals surface area contributed by atoms with E-state index >= 15 is 0 Å². The summed E-state index contributed by atoms with van der Waals surface area (Å²) in [5, 5.41) is 9.75. The van der Waals surface area contributed by atoms with Gasteiger partial charge >= 0.3 is 17.9 Å². The normalized spacial score (nSPS) is 13.3. The van der Waals surface area contributed by atoms with E-state index in [4.69, 9.17) is 18.9 Å². The fourth-order valence-electron chi connectivity index (χ4n) is 9.93. The number of unbranched alkanes of at least 4 members (excludes halogenated alkanes) is 34. The SMILES string of the molecule is CC/C=C\C/C=C\C/C=C\C/C=C\C/C=C\C/C=C\C/C=C\CCCCCCCCCCCCCC(=O)OC(COC(=O)CCCCCCCCCCCCCCCCC/C=C\CCCCCCCCCC)COC(OCC[N+](C)(C)C)C(=O)O. The molecule has 0 spiro atoms. The van der Waals surface area contributed by atoms with E-state index in [1.807, 2.05) is 21.1 Å². The molecule has 85 heavy (non-hydrogen) atoms. The van der Waals surface area contributed by atoms with Crippen LogP contribution in [0.5, 0.6) is 0 Å². The van der Waals surface area contributed by atoms with Gasteiger partial charge in [-0.2, -0.15) is 0 Å². The molecule has 0 rings (SSSR count). The topological polar surface area (TPSA) is 108 Å². The van der Waals surface area contributed by atoms with E-state index in [1.54, 1.807) is 0 Å². The molecule has 0 aromatic carbocycles. The number of likely N-dealkylation sites (N-methyl/N-ethyl adjacent to an activating group) is 1. The second-order valence-electron chi connectivity index (χ2n) is 24.8. The average Bonchev–Trinajstić information content (AvgIpc) is 3.49. The molecule has 9 nitrogen and oxygen atoms in total. The molecule has 2 atom stereocenters. The molecule has 9 heteroatoms. The Bertz CT molecular complexity index is 1720. The molecule has 0 aromatic heterocycles. The summed E-state index contributed by atoms with van der Waals surface area (Å²) in [6, 6.07) is 0. The molecule has 490 valence electrons. The van der Waals surface area contributed by atoms with Gasteiger partial charge in [-0.15, -0.1) is 0 Å². The number of ether oxygens (including phenoxy) is 4. The molecule has 0 aliphatic rings. The molecule has 0 saturated heterocycles. The van der Waals surface area contributed by atoms with Crippen molar-refractivity contribution < 1.29 is 42.9 Å². The van der Waals surface area contributed by atoms with Gasteiger partial charge in [0, 0.05) is 12.8 Å². The van der Waals surface area contributed by atoms with E-state index in [0.717, 1.165) is 89.9 Å². The Morgan fingerprint density at radius 1 is 0.365 bits per heavy atom. The fourth-order valence-corrected chi connectivity index (χ4v) is 9.93. The Balaban J connectivity index is 4.13. The predicted octanol–water partition coefficient (Wildman–Crippen LogP) is 22.0. The number of carboxylic acids is 1. The number of quaternary nitrogens is 1. The van der Waals surface area contributed by atoms with Crippen molar-refractivity contribution in [2.24, 2.45) is 0 Å². The lowest BCUT2D eigenvalue weighted by Gasteiger charge is -2.25. The number of aliphatic carboxylic acids is 1. The van der Waals surface area contributed by atoms with E-state index in [2.05, 4.69) is 111 Å². The van der Waals surface area contributed by atoms with Crippen LogP contribution in [0, 0.1) is 0 Å². The van der Waals surface area contributed by atoms with Crippen molar-refractivity contribution in [2.75, 3.05) is 47.5 Å². The van der Waals surface area contributed by atoms with Gasteiger partial charge in [-0.3, -0.25) is 9.59 Å². The number of allylic oxidation sites excluding steroid dienone is 16. The molecule has 0 aliphatic heterocycles. The van der Waals surface area contributed by atoms with Crippen molar-refractivity contribution in [3.8, 4) is 0 Å². The minimum Gasteiger partial charge on any atom is -0.477 e. The monoisotopic (exact) mass is 1190 g/mol. The Morgan fingerprint density at radius 3 is 1.01 bits per heavy atom. The number of carbonyl (C=O) groups is 3. The van der Waals surface area contributed by atoms with Gasteiger partial charge in [0.05, 0.1) is 34.4 Å². The summed E-state index contributed by atoms with van der Waals surface area (Å²) >= 11 is 0. The first-order valence-corrected chi connectivity index (χ1v) is 35.4. The lowest BCUT2D eigenvalue weighted by Crippen LogP contribution is -2.40. The van der Waals surface area contributed by atoms with Crippen LogP contribution in [0.1, 0.15) is 309 Å². The van der Waals surface area contributed by atoms with Gasteiger partial charge in [0.1, 0.15) is 13.2 Å². The summed E-state index contributed by atoms with van der Waals surface area (Å²) in [5.74, 6) is -2.00. The van der Waals surface area contributed by atoms with Crippen LogP contribution < -0.4 is 0 Å². The Labute approximate surface area is 524 Å². The van der Waals surface area contributed by atoms with Gasteiger partial charge in [-0.1, -0.05) is 297 Å². The third-order valence-electron chi connectivity index (χ3n) is 15.3. The summed E-state index contributed by atoms with van der Waals surface area (Å²) in [7, 11) is 5.98. The number of hydrogen-bond donors (Lipinski definition) is 1. The molecule has 0 aromatic rings. The molecule has 0 fully saturated rings. The zero-order valence-corrected chi connectivity index (χ0v) is 56.0. The number of rotatable bonds is 65. The number of nitrogens with zero attached hydrogens (tertiary/aromatic N) is 1. The van der Waals surface area contributed by atoms with Crippen LogP contribution in [-0.2, 0) is 33.3 Å². The third-order valence-corrected chi connectivity index (χ3v) is 15.3. The van der Waals surface area contributed by atoms with Gasteiger partial charge in [0.2, 0.25) is 0 Å². The van der Waals surface area contributed by atoms with Gasteiger partial charge < -0.3 is 28.5 Å². The summed E-state index contributed by atoms with van der Waals surface area (Å²) in [5.41, 5.74) is 0. The Morgan fingerprint density at radius 2 is 0.671 bits per heavy atom. The zero-order chi connectivity index (χ0) is 61.9. The second kappa shape index (κ2) is 66.2. The minimum absolute atomic E-state index is 0.184. The minimum atomic E-state index is -1.52. The van der Waals surface area contributed by atoms with Crippen LogP contribution in [0.2, 0.25) is 0 Å². The van der Waals surface area contributed by atoms with Crippen molar-refractivity contribution in [3.05, 3.63) is 97.2 Å². The molecule has 0 saturated carbocycles. The van der Waals surface area contributed by atoms with Crippen LogP contribution in [0.15, 0.2) is 97.2 Å². The van der Waals surface area contributed by atoms with Crippen LogP contribution >= 0.6 is 0 Å². The molecule has 0 aliphatic carbocycles. The standard InChI is InChI=1S/C76H133NO8/c1-6-8-10-12-14-16-18-20-22-24-26-28-30-32-34-35-36-37-38-39-41-43-45-47-49-51-53-55-57-59-61-63-65-67-74(79)85-72(71-84-76(75(80)81)82-69-68-77(3,4)5)70-83-73(78)66-64-62-60-58-56-54-52-50-48-46-44-42-40-33-31-29-27-25-23-21-19-17-15-13-11-9-7-2/h8,10,14,16,20,22,25-28,32,34,36-37,39,41,72,76H,6-7,9,11-13,15,17-19,21,23-24,29-31,33,35,38,40,42-71H2,1-5H3/p+1/b10-8-,16-14-,22-20-,27-25-,28-26-,34-32-,37-36-,41-39-. The zero-order valence-electron chi connectivity index (χ0n) is 56.0. The molecular weight excluding hydrogens is 1050 g/mol. The van der Waals surface area contributed by atoms with Crippen molar-refractivity contribution >= 4 is 17.9 Å². The highest BCUT2D eigenvalue weighted by molar-refractivity contribution is 5.71. The number of carbonyl (C=O) groups excluding carboxylic acids is 2. The predicted molar refractivity (Wildman–Crippen MR) is 364 cm³/mol. The summed E-state index contributed by atoms with van der Waals surface area (Å²) in [6.07, 6.45) is 88.0. The number of carboxylic acid groups (broad SMARTS) is 1. The van der Waals surface area contributed by atoms with E-state index in [1.165, 1.54) is 186 Å². The third kappa shape index (κ3) is 67.6. The fraction of sp³-hybridized carbons (Fsp3) is 0.750. The van der Waals surface area contributed by atoms with Crippen LogP contribution in [0.25, 0.3) is 0 Å². The maximum atomic E-state index is 13.0. The summed E-state index contributed by atoms with van der Waals surface area (Å²) < 4.78 is 23.0. The van der Waals surface area contributed by atoms with Gasteiger partial charge in [0.15, 0.2) is 6.10 Å². The highest BCUT2D eigenvalue weighted by atomic mass is 16.7. The van der Waals surface area contributed by atoms with E-state index in [-0.39, 0.29) is 32.2 Å². The molecule has 2 unspecified atom stereocenters. The number of esters is 2. The quantitative estimate of drug-likeness (QED) is 0.0211. The summed E-state index contributed by atoms with van der Waals surface area (Å²) in [6.45, 7) is 4.79. The number of hydrogen-bond acceptors (Lipinski definition) is 7. The maximum Gasteiger partial charge on any atom is 0.361 e. The Kier molecular flexibility index (Phi) is 63.2. The maximum absolute atomic E-state index is 13.0. The van der Waals surface area contributed by atoms with Crippen molar-refractivity contribution in [1.82, 2.24) is 0 Å². The molecule has 0 bridgehead atoms. The molecule has 0 heterocycles. The lowest BCUT2D eigenvalue weighted by molar-refractivity contribution is -0.870. The molecule has 0 amide bonds. The lowest BCUT2D eigenvalue weighted by atomic mass is 10.0. The highest BCUT2D eigenvalue weighted by Gasteiger charge is 2.25. The van der Waals surface area contributed by atoms with Crippen LogP contribution in [0.4, 0.5) is 0 Å². The van der Waals surface area contributed by atoms with Gasteiger partial charge in [-0.25, -0.2) is 4.79 Å². The first-order valence-electron chi connectivity index (χ1n) is 35.4. The van der Waals surface area contributed by atoms with E-state index < -0.39 is 24.3 Å². The Hall–Kier alpha value is -3.79. The van der Waals surface area contributed by atoms with Crippen molar-refractivity contribution in [3.63, 3.8) is 0 Å².